The zero-order valence-corrected chi connectivity index (χ0v) is 29.9. The van der Waals surface area contributed by atoms with Crippen LogP contribution in [-0.4, -0.2) is 36.4 Å². The van der Waals surface area contributed by atoms with Crippen molar-refractivity contribution in [1.82, 2.24) is 0 Å². The van der Waals surface area contributed by atoms with Crippen LogP contribution >= 0.6 is 0 Å². The maximum absolute atomic E-state index is 12.2. The molecule has 0 aromatic carbocycles. The Hall–Kier alpha value is -1.10. The van der Waals surface area contributed by atoms with Crippen molar-refractivity contribution in [3.8, 4) is 0 Å². The standard InChI is InChI=1S/C39H76O5/c1-4-5-6-7-8-9-10-11-12-13-14-17-21-24-27-30-33-39(42)44-37(34-40)35-43-38(41)32-29-26-23-20-18-15-16-19-22-25-28-31-36(2)3/h36-37,40H,4-35H2,1-3H3/t37-/m0/s1. The number of hydrogen-bond donors (Lipinski definition) is 1. The lowest BCUT2D eigenvalue weighted by Gasteiger charge is -2.15. The third kappa shape index (κ3) is 33.8. The summed E-state index contributed by atoms with van der Waals surface area (Å²) in [5.74, 6) is 0.258. The summed E-state index contributed by atoms with van der Waals surface area (Å²) in [4.78, 5) is 24.2. The van der Waals surface area contributed by atoms with E-state index in [9.17, 15) is 14.7 Å². The molecule has 262 valence electrons. The van der Waals surface area contributed by atoms with Gasteiger partial charge in [0.25, 0.3) is 0 Å². The maximum Gasteiger partial charge on any atom is 0.306 e. The second-order valence-corrected chi connectivity index (χ2v) is 13.9. The van der Waals surface area contributed by atoms with Crippen molar-refractivity contribution >= 4 is 11.9 Å². The molecule has 0 aliphatic heterocycles. The van der Waals surface area contributed by atoms with Crippen molar-refractivity contribution in [3.05, 3.63) is 0 Å². The molecule has 0 spiro atoms. The van der Waals surface area contributed by atoms with Crippen molar-refractivity contribution < 1.29 is 24.2 Å². The highest BCUT2D eigenvalue weighted by molar-refractivity contribution is 5.70. The molecule has 0 aromatic rings. The van der Waals surface area contributed by atoms with E-state index in [1.54, 1.807) is 0 Å². The van der Waals surface area contributed by atoms with Crippen LogP contribution in [-0.2, 0) is 19.1 Å². The monoisotopic (exact) mass is 625 g/mol. The molecule has 0 fully saturated rings. The van der Waals surface area contributed by atoms with Crippen molar-refractivity contribution in [3.63, 3.8) is 0 Å². The van der Waals surface area contributed by atoms with Gasteiger partial charge in [-0.05, 0) is 18.8 Å². The molecule has 0 aliphatic carbocycles. The predicted octanol–water partition coefficient (Wildman–Crippen LogP) is 11.8. The number of esters is 2. The van der Waals surface area contributed by atoms with E-state index >= 15 is 0 Å². The van der Waals surface area contributed by atoms with Crippen molar-refractivity contribution in [1.29, 1.82) is 0 Å². The van der Waals surface area contributed by atoms with Gasteiger partial charge >= 0.3 is 11.9 Å². The van der Waals surface area contributed by atoms with Crippen LogP contribution < -0.4 is 0 Å². The number of carbonyl (C=O) groups excluding carboxylic acids is 2. The van der Waals surface area contributed by atoms with Gasteiger partial charge in [0.2, 0.25) is 0 Å². The van der Waals surface area contributed by atoms with Crippen molar-refractivity contribution in [2.24, 2.45) is 5.92 Å². The number of ether oxygens (including phenoxy) is 2. The molecule has 0 aliphatic rings. The smallest absolute Gasteiger partial charge is 0.306 e. The van der Waals surface area contributed by atoms with Gasteiger partial charge in [0.05, 0.1) is 6.61 Å². The molecule has 0 bridgehead atoms. The van der Waals surface area contributed by atoms with Crippen LogP contribution in [0.15, 0.2) is 0 Å². The number of carbonyl (C=O) groups is 2. The first-order chi connectivity index (χ1) is 21.5. The fraction of sp³-hybridized carbons (Fsp3) is 0.949. The highest BCUT2D eigenvalue weighted by Crippen LogP contribution is 2.16. The van der Waals surface area contributed by atoms with Crippen LogP contribution in [0.5, 0.6) is 0 Å². The maximum atomic E-state index is 12.2. The van der Waals surface area contributed by atoms with Gasteiger partial charge in [-0.1, -0.05) is 188 Å². The fourth-order valence-corrected chi connectivity index (χ4v) is 5.86. The molecule has 1 N–H and O–H groups in total. The van der Waals surface area contributed by atoms with Gasteiger partial charge in [-0.3, -0.25) is 9.59 Å². The van der Waals surface area contributed by atoms with Gasteiger partial charge in [-0.15, -0.1) is 0 Å². The quantitative estimate of drug-likeness (QED) is 0.0561. The van der Waals surface area contributed by atoms with Crippen LogP contribution in [0.3, 0.4) is 0 Å². The molecule has 44 heavy (non-hydrogen) atoms. The molecule has 5 heteroatoms. The molecular formula is C39H76O5. The summed E-state index contributed by atoms with van der Waals surface area (Å²) in [7, 11) is 0. The molecule has 5 nitrogen and oxygen atoms in total. The van der Waals surface area contributed by atoms with E-state index in [0.717, 1.165) is 44.4 Å². The van der Waals surface area contributed by atoms with Gasteiger partial charge < -0.3 is 14.6 Å². The van der Waals surface area contributed by atoms with Crippen LogP contribution in [0, 0.1) is 5.92 Å². The number of unbranched alkanes of at least 4 members (excludes halogenated alkanes) is 25. The summed E-state index contributed by atoms with van der Waals surface area (Å²) in [5, 5.41) is 9.54. The lowest BCUT2D eigenvalue weighted by atomic mass is 10.0. The highest BCUT2D eigenvalue weighted by atomic mass is 16.6. The lowest BCUT2D eigenvalue weighted by Crippen LogP contribution is -2.28. The Balaban J connectivity index is 3.50. The second kappa shape index (κ2) is 34.8. The summed E-state index contributed by atoms with van der Waals surface area (Å²) in [6.07, 6.45) is 35.9. The van der Waals surface area contributed by atoms with Crippen LogP contribution in [0.2, 0.25) is 0 Å². The summed E-state index contributed by atoms with van der Waals surface area (Å²) in [6, 6.07) is 0. The Morgan fingerprint density at radius 3 is 1.20 bits per heavy atom. The number of rotatable bonds is 35. The first kappa shape index (κ1) is 42.9. The van der Waals surface area contributed by atoms with E-state index in [1.165, 1.54) is 141 Å². The van der Waals surface area contributed by atoms with Gasteiger partial charge in [-0.2, -0.15) is 0 Å². The van der Waals surface area contributed by atoms with E-state index < -0.39 is 6.10 Å². The van der Waals surface area contributed by atoms with E-state index in [1.807, 2.05) is 0 Å². The molecule has 0 saturated carbocycles. The number of hydrogen-bond acceptors (Lipinski definition) is 5. The van der Waals surface area contributed by atoms with Crippen LogP contribution in [0.4, 0.5) is 0 Å². The minimum atomic E-state index is -0.761. The zero-order valence-electron chi connectivity index (χ0n) is 29.9. The van der Waals surface area contributed by atoms with Gasteiger partial charge in [0, 0.05) is 12.8 Å². The SMILES string of the molecule is CCCCCCCCCCCCCCCCCCC(=O)O[C@@H](CO)COC(=O)CCCCCCCCCCCCCC(C)C. The lowest BCUT2D eigenvalue weighted by molar-refractivity contribution is -0.161. The van der Waals surface area contributed by atoms with Crippen molar-refractivity contribution in [2.45, 2.75) is 219 Å². The molecule has 0 amide bonds. The summed E-state index contributed by atoms with van der Waals surface area (Å²) in [5.41, 5.74) is 0. The normalized spacial score (nSPS) is 12.1. The van der Waals surface area contributed by atoms with E-state index in [2.05, 4.69) is 20.8 Å². The summed E-state index contributed by atoms with van der Waals surface area (Å²) in [6.45, 7) is 6.50. The van der Waals surface area contributed by atoms with E-state index in [-0.39, 0.29) is 25.2 Å². The largest absolute Gasteiger partial charge is 0.462 e. The van der Waals surface area contributed by atoms with E-state index in [4.69, 9.17) is 9.47 Å². The van der Waals surface area contributed by atoms with Gasteiger partial charge in [-0.25, -0.2) is 0 Å². The molecule has 0 saturated heterocycles. The molecule has 0 heterocycles. The second-order valence-electron chi connectivity index (χ2n) is 13.9. The summed E-state index contributed by atoms with van der Waals surface area (Å²) < 4.78 is 10.6. The van der Waals surface area contributed by atoms with Crippen LogP contribution in [0.25, 0.3) is 0 Å². The Bertz CT molecular complexity index is 605. The third-order valence-electron chi connectivity index (χ3n) is 8.83. The fourth-order valence-electron chi connectivity index (χ4n) is 5.86. The molecular weight excluding hydrogens is 548 g/mol. The van der Waals surface area contributed by atoms with Crippen LogP contribution in [0.1, 0.15) is 213 Å². The number of aliphatic hydroxyl groups excluding tert-OH is 1. The van der Waals surface area contributed by atoms with Gasteiger partial charge in [0.1, 0.15) is 6.61 Å². The molecule has 0 radical (unpaired) electrons. The predicted molar refractivity (Wildman–Crippen MR) is 187 cm³/mol. The molecule has 0 rings (SSSR count). The van der Waals surface area contributed by atoms with E-state index in [0.29, 0.717) is 12.8 Å². The Labute approximate surface area is 274 Å². The Morgan fingerprint density at radius 1 is 0.500 bits per heavy atom. The topological polar surface area (TPSA) is 72.8 Å². The molecule has 0 unspecified atom stereocenters. The average Bonchev–Trinajstić information content (AvgIpc) is 3.01. The first-order valence-electron chi connectivity index (χ1n) is 19.5. The molecule has 0 aromatic heterocycles. The zero-order chi connectivity index (χ0) is 32.4. The Morgan fingerprint density at radius 2 is 0.841 bits per heavy atom. The summed E-state index contributed by atoms with van der Waals surface area (Å²) >= 11 is 0. The number of aliphatic hydroxyl groups is 1. The van der Waals surface area contributed by atoms with Gasteiger partial charge in [0.15, 0.2) is 6.10 Å². The highest BCUT2D eigenvalue weighted by Gasteiger charge is 2.16. The Kier molecular flexibility index (Phi) is 33.9. The first-order valence-corrected chi connectivity index (χ1v) is 19.5. The minimum Gasteiger partial charge on any atom is -0.462 e. The van der Waals surface area contributed by atoms with Crippen molar-refractivity contribution in [2.75, 3.05) is 13.2 Å². The third-order valence-corrected chi connectivity index (χ3v) is 8.83. The molecule has 1 atom stereocenters. The average molecular weight is 625 g/mol. The minimum absolute atomic E-state index is 0.0580.